The number of nitrogens with zero attached hydrogens (tertiary/aromatic N) is 1. The fourth-order valence-electron chi connectivity index (χ4n) is 2.67. The molecule has 0 aliphatic rings. The number of hydrogen-bond donors (Lipinski definition) is 1. The maximum atomic E-state index is 13.0. The molecule has 0 saturated carbocycles. The first kappa shape index (κ1) is 19.6. The number of benzene rings is 2. The molecule has 2 aromatic heterocycles. The lowest BCUT2D eigenvalue weighted by molar-refractivity contribution is 0.0997. The first-order valence-electron chi connectivity index (χ1n) is 8.54. The van der Waals surface area contributed by atoms with E-state index in [0.29, 0.717) is 32.9 Å². The molecule has 8 heteroatoms. The van der Waals surface area contributed by atoms with E-state index in [-0.39, 0.29) is 11.6 Å². The Bertz CT molecular complexity index is 1170. The van der Waals surface area contributed by atoms with Crippen molar-refractivity contribution in [2.75, 3.05) is 5.32 Å². The standard InChI is InChI=1S/C21H13Cl2FN2O2S/c22-16-6-3-13(10-17(16)23)18-7-8-19(28-18)20(27)26-21-25-11-15(29-21)9-12-1-4-14(24)5-2-12/h1-8,10-11H,9H2,(H,25,26,27). The Morgan fingerprint density at radius 1 is 1.07 bits per heavy atom. The highest BCUT2D eigenvalue weighted by Crippen LogP contribution is 2.30. The highest BCUT2D eigenvalue weighted by molar-refractivity contribution is 7.15. The number of carbonyl (C=O) groups excluding carboxylic acids is 1. The van der Waals surface area contributed by atoms with Crippen LogP contribution in [0.25, 0.3) is 11.3 Å². The monoisotopic (exact) mass is 446 g/mol. The van der Waals surface area contributed by atoms with Gasteiger partial charge in [-0.25, -0.2) is 9.37 Å². The van der Waals surface area contributed by atoms with E-state index >= 15 is 0 Å². The molecule has 0 aliphatic heterocycles. The van der Waals surface area contributed by atoms with Crippen LogP contribution in [0, 0.1) is 5.82 Å². The molecular weight excluding hydrogens is 434 g/mol. The fourth-order valence-corrected chi connectivity index (χ4v) is 3.81. The summed E-state index contributed by atoms with van der Waals surface area (Å²) >= 11 is 13.3. The van der Waals surface area contributed by atoms with Gasteiger partial charge in [-0.15, -0.1) is 11.3 Å². The van der Waals surface area contributed by atoms with Gasteiger partial charge in [0.15, 0.2) is 10.9 Å². The third kappa shape index (κ3) is 4.67. The van der Waals surface area contributed by atoms with Crippen molar-refractivity contribution >= 4 is 45.6 Å². The number of amides is 1. The van der Waals surface area contributed by atoms with Crippen LogP contribution < -0.4 is 5.32 Å². The van der Waals surface area contributed by atoms with Gasteiger partial charge in [-0.3, -0.25) is 10.1 Å². The molecule has 2 heterocycles. The van der Waals surface area contributed by atoms with E-state index in [1.54, 1.807) is 48.7 Å². The number of rotatable bonds is 5. The summed E-state index contributed by atoms with van der Waals surface area (Å²) in [6, 6.07) is 14.7. The normalized spacial score (nSPS) is 10.9. The lowest BCUT2D eigenvalue weighted by Gasteiger charge is -2.01. The maximum Gasteiger partial charge on any atom is 0.293 e. The van der Waals surface area contributed by atoms with E-state index in [2.05, 4.69) is 10.3 Å². The predicted molar refractivity (Wildman–Crippen MR) is 113 cm³/mol. The first-order chi connectivity index (χ1) is 14.0. The molecule has 0 atom stereocenters. The Balaban J connectivity index is 1.43. The Labute approximate surface area is 179 Å². The highest BCUT2D eigenvalue weighted by Gasteiger charge is 2.15. The summed E-state index contributed by atoms with van der Waals surface area (Å²) in [6.45, 7) is 0. The molecule has 4 nitrogen and oxygen atoms in total. The summed E-state index contributed by atoms with van der Waals surface area (Å²) in [5.41, 5.74) is 1.68. The minimum Gasteiger partial charge on any atom is -0.451 e. The predicted octanol–water partition coefficient (Wildman–Crippen LogP) is 6.69. The number of thiazole rings is 1. The number of halogens is 3. The lowest BCUT2D eigenvalue weighted by atomic mass is 10.1. The van der Waals surface area contributed by atoms with Crippen molar-refractivity contribution in [1.29, 1.82) is 0 Å². The van der Waals surface area contributed by atoms with Gasteiger partial charge in [0.2, 0.25) is 0 Å². The van der Waals surface area contributed by atoms with Crippen LogP contribution in [0.5, 0.6) is 0 Å². The van der Waals surface area contributed by atoms with E-state index in [0.717, 1.165) is 10.4 Å². The summed E-state index contributed by atoms with van der Waals surface area (Å²) in [4.78, 5) is 17.6. The molecule has 4 aromatic rings. The van der Waals surface area contributed by atoms with Crippen LogP contribution in [0.3, 0.4) is 0 Å². The van der Waals surface area contributed by atoms with E-state index in [1.807, 2.05) is 0 Å². The van der Waals surface area contributed by atoms with Gasteiger partial charge in [0.05, 0.1) is 10.0 Å². The number of anilines is 1. The molecule has 1 amide bonds. The van der Waals surface area contributed by atoms with Gasteiger partial charge in [-0.2, -0.15) is 0 Å². The van der Waals surface area contributed by atoms with Crippen molar-refractivity contribution in [3.63, 3.8) is 0 Å². The Morgan fingerprint density at radius 2 is 1.86 bits per heavy atom. The molecule has 146 valence electrons. The van der Waals surface area contributed by atoms with Crippen molar-refractivity contribution in [3.05, 3.63) is 92.9 Å². The minimum absolute atomic E-state index is 0.154. The fraction of sp³-hybridized carbons (Fsp3) is 0.0476. The zero-order valence-corrected chi connectivity index (χ0v) is 17.1. The van der Waals surface area contributed by atoms with Crippen LogP contribution in [0.4, 0.5) is 9.52 Å². The van der Waals surface area contributed by atoms with Crippen molar-refractivity contribution in [1.82, 2.24) is 4.98 Å². The molecule has 0 aliphatic carbocycles. The van der Waals surface area contributed by atoms with E-state index in [9.17, 15) is 9.18 Å². The molecule has 0 radical (unpaired) electrons. The zero-order chi connectivity index (χ0) is 20.4. The minimum atomic E-state index is -0.404. The number of furan rings is 1. The Hall–Kier alpha value is -2.67. The molecule has 0 unspecified atom stereocenters. The van der Waals surface area contributed by atoms with Gasteiger partial charge in [0.1, 0.15) is 11.6 Å². The smallest absolute Gasteiger partial charge is 0.293 e. The second-order valence-electron chi connectivity index (χ2n) is 6.18. The third-order valence-corrected chi connectivity index (χ3v) is 5.75. The Kier molecular flexibility index (Phi) is 5.67. The largest absolute Gasteiger partial charge is 0.451 e. The SMILES string of the molecule is O=C(Nc1ncc(Cc2ccc(F)cc2)s1)c1ccc(-c2ccc(Cl)c(Cl)c2)o1. The second kappa shape index (κ2) is 8.37. The third-order valence-electron chi connectivity index (χ3n) is 4.10. The van der Waals surface area contributed by atoms with E-state index in [4.69, 9.17) is 27.6 Å². The van der Waals surface area contributed by atoms with Gasteiger partial charge in [-0.1, -0.05) is 35.3 Å². The molecule has 4 rings (SSSR count). The molecule has 0 saturated heterocycles. The summed E-state index contributed by atoms with van der Waals surface area (Å²) in [5.74, 6) is -0.0186. The van der Waals surface area contributed by atoms with E-state index < -0.39 is 5.91 Å². The quantitative estimate of drug-likeness (QED) is 0.371. The summed E-state index contributed by atoms with van der Waals surface area (Å²) in [6.07, 6.45) is 2.29. The number of hydrogen-bond acceptors (Lipinski definition) is 4. The lowest BCUT2D eigenvalue weighted by Crippen LogP contribution is -2.10. The van der Waals surface area contributed by atoms with Gasteiger partial charge >= 0.3 is 0 Å². The summed E-state index contributed by atoms with van der Waals surface area (Å²) in [5, 5.41) is 4.03. The average molecular weight is 447 g/mol. The molecule has 29 heavy (non-hydrogen) atoms. The number of nitrogens with one attached hydrogen (secondary N) is 1. The Morgan fingerprint density at radius 3 is 2.62 bits per heavy atom. The number of aromatic nitrogens is 1. The van der Waals surface area contributed by atoms with Gasteiger partial charge in [0.25, 0.3) is 5.91 Å². The van der Waals surface area contributed by atoms with E-state index in [1.165, 1.54) is 23.5 Å². The van der Waals surface area contributed by atoms with Crippen LogP contribution in [-0.4, -0.2) is 10.9 Å². The van der Waals surface area contributed by atoms with Crippen molar-refractivity contribution < 1.29 is 13.6 Å². The maximum absolute atomic E-state index is 13.0. The number of carbonyl (C=O) groups is 1. The molecular formula is C21H13Cl2FN2O2S. The second-order valence-corrected chi connectivity index (χ2v) is 8.11. The molecule has 2 aromatic carbocycles. The topological polar surface area (TPSA) is 55.1 Å². The molecule has 0 fully saturated rings. The first-order valence-corrected chi connectivity index (χ1v) is 10.1. The van der Waals surface area contributed by atoms with Gasteiger partial charge in [0, 0.05) is 23.1 Å². The molecule has 0 bridgehead atoms. The van der Waals surface area contributed by atoms with Crippen LogP contribution in [0.2, 0.25) is 10.0 Å². The van der Waals surface area contributed by atoms with Crippen LogP contribution >= 0.6 is 34.5 Å². The average Bonchev–Trinajstić information content (AvgIpc) is 3.36. The van der Waals surface area contributed by atoms with Crippen LogP contribution in [-0.2, 0) is 6.42 Å². The summed E-state index contributed by atoms with van der Waals surface area (Å²) < 4.78 is 18.6. The van der Waals surface area contributed by atoms with Crippen molar-refractivity contribution in [2.24, 2.45) is 0 Å². The highest BCUT2D eigenvalue weighted by atomic mass is 35.5. The van der Waals surface area contributed by atoms with Crippen LogP contribution in [0.1, 0.15) is 21.0 Å². The van der Waals surface area contributed by atoms with Crippen LogP contribution in [0.15, 0.2) is 65.2 Å². The molecule has 0 spiro atoms. The van der Waals surface area contributed by atoms with Gasteiger partial charge in [-0.05, 0) is 48.0 Å². The van der Waals surface area contributed by atoms with Crippen molar-refractivity contribution in [2.45, 2.75) is 6.42 Å². The summed E-state index contributed by atoms with van der Waals surface area (Å²) in [7, 11) is 0. The molecule has 1 N–H and O–H groups in total. The zero-order valence-electron chi connectivity index (χ0n) is 14.8. The van der Waals surface area contributed by atoms with Gasteiger partial charge < -0.3 is 4.42 Å². The van der Waals surface area contributed by atoms with Crippen molar-refractivity contribution in [3.8, 4) is 11.3 Å².